The second-order valence-corrected chi connectivity index (χ2v) is 6.95. The van der Waals surface area contributed by atoms with E-state index in [-0.39, 0.29) is 11.5 Å². The van der Waals surface area contributed by atoms with Gasteiger partial charge in [0.25, 0.3) is 0 Å². The number of benzene rings is 1. The summed E-state index contributed by atoms with van der Waals surface area (Å²) in [7, 11) is 0. The molecule has 0 radical (unpaired) electrons. The van der Waals surface area contributed by atoms with Gasteiger partial charge in [0.15, 0.2) is 0 Å². The van der Waals surface area contributed by atoms with Crippen molar-refractivity contribution in [1.29, 1.82) is 0 Å². The molecule has 1 nitrogen and oxygen atoms in total. The molecule has 2 N–H and O–H groups in total. The fourth-order valence-corrected chi connectivity index (χ4v) is 3.58. The van der Waals surface area contributed by atoms with E-state index in [1.54, 1.807) is 11.3 Å². The fourth-order valence-electron chi connectivity index (χ4n) is 2.01. The Morgan fingerprint density at radius 2 is 1.89 bits per heavy atom. The van der Waals surface area contributed by atoms with Crippen molar-refractivity contribution in [3.05, 3.63) is 56.7 Å². The first-order valence-electron chi connectivity index (χ1n) is 6.05. The van der Waals surface area contributed by atoms with E-state index in [0.717, 1.165) is 6.42 Å². The molecule has 2 rings (SSSR count). The standard InChI is InChI=1S/C15H18BrNS/c1-15(2,11-6-4-3-5-7-11)14(17)10-13-12(16)8-9-18-13/h3-9,14H,10,17H2,1-2H3. The summed E-state index contributed by atoms with van der Waals surface area (Å²) in [6.45, 7) is 4.43. The fraction of sp³-hybridized carbons (Fsp3) is 0.333. The van der Waals surface area contributed by atoms with Crippen molar-refractivity contribution in [3.63, 3.8) is 0 Å². The molecular weight excluding hydrogens is 306 g/mol. The summed E-state index contributed by atoms with van der Waals surface area (Å²) in [5.74, 6) is 0. The van der Waals surface area contributed by atoms with E-state index in [2.05, 4.69) is 65.5 Å². The number of nitrogens with two attached hydrogens (primary N) is 1. The van der Waals surface area contributed by atoms with Crippen molar-refractivity contribution in [2.75, 3.05) is 0 Å². The molecule has 3 heteroatoms. The third-order valence-corrected chi connectivity index (χ3v) is 5.49. The highest BCUT2D eigenvalue weighted by molar-refractivity contribution is 9.10. The maximum absolute atomic E-state index is 6.43. The summed E-state index contributed by atoms with van der Waals surface area (Å²) < 4.78 is 1.17. The molecule has 1 heterocycles. The van der Waals surface area contributed by atoms with Gasteiger partial charge in [-0.05, 0) is 39.4 Å². The van der Waals surface area contributed by atoms with Gasteiger partial charge in [-0.1, -0.05) is 44.2 Å². The summed E-state index contributed by atoms with van der Waals surface area (Å²) in [4.78, 5) is 1.33. The Morgan fingerprint density at radius 1 is 1.22 bits per heavy atom. The van der Waals surface area contributed by atoms with E-state index in [0.29, 0.717) is 0 Å². The van der Waals surface area contributed by atoms with Crippen LogP contribution in [-0.4, -0.2) is 6.04 Å². The van der Waals surface area contributed by atoms with E-state index < -0.39 is 0 Å². The van der Waals surface area contributed by atoms with E-state index in [4.69, 9.17) is 5.73 Å². The SMILES string of the molecule is CC(C)(c1ccccc1)C(N)Cc1sccc1Br. The molecule has 96 valence electrons. The van der Waals surface area contributed by atoms with Crippen LogP contribution in [-0.2, 0) is 11.8 Å². The van der Waals surface area contributed by atoms with Crippen molar-refractivity contribution in [2.45, 2.75) is 31.7 Å². The Labute approximate surface area is 121 Å². The first-order valence-corrected chi connectivity index (χ1v) is 7.72. The second kappa shape index (κ2) is 5.55. The lowest BCUT2D eigenvalue weighted by atomic mass is 9.77. The Kier molecular flexibility index (Phi) is 4.25. The molecule has 18 heavy (non-hydrogen) atoms. The summed E-state index contributed by atoms with van der Waals surface area (Å²) in [5.41, 5.74) is 7.70. The Morgan fingerprint density at radius 3 is 2.44 bits per heavy atom. The Balaban J connectivity index is 2.18. The van der Waals surface area contributed by atoms with Crippen LogP contribution in [0.5, 0.6) is 0 Å². The van der Waals surface area contributed by atoms with Gasteiger partial charge in [-0.25, -0.2) is 0 Å². The molecule has 0 aliphatic carbocycles. The van der Waals surface area contributed by atoms with Crippen LogP contribution in [0.2, 0.25) is 0 Å². The number of hydrogen-bond acceptors (Lipinski definition) is 2. The molecule has 1 unspecified atom stereocenters. The Bertz CT molecular complexity index is 504. The highest BCUT2D eigenvalue weighted by Crippen LogP contribution is 2.31. The van der Waals surface area contributed by atoms with Crippen molar-refractivity contribution >= 4 is 27.3 Å². The van der Waals surface area contributed by atoms with Gasteiger partial charge in [0.05, 0.1) is 0 Å². The molecule has 2 aromatic rings. The normalized spacial score (nSPS) is 13.6. The van der Waals surface area contributed by atoms with Crippen LogP contribution in [0.3, 0.4) is 0 Å². The highest BCUT2D eigenvalue weighted by Gasteiger charge is 2.29. The molecule has 0 fully saturated rings. The topological polar surface area (TPSA) is 26.0 Å². The molecule has 0 aliphatic rings. The lowest BCUT2D eigenvalue weighted by Crippen LogP contribution is -2.42. The molecule has 0 amide bonds. The van der Waals surface area contributed by atoms with Gasteiger partial charge in [-0.15, -0.1) is 11.3 Å². The van der Waals surface area contributed by atoms with E-state index in [1.807, 2.05) is 6.07 Å². The van der Waals surface area contributed by atoms with Crippen LogP contribution in [0.15, 0.2) is 46.3 Å². The first kappa shape index (κ1) is 13.8. The van der Waals surface area contributed by atoms with E-state index >= 15 is 0 Å². The molecule has 1 aromatic carbocycles. The Hall–Kier alpha value is -0.640. The summed E-state index contributed by atoms with van der Waals surface area (Å²) >= 11 is 5.33. The van der Waals surface area contributed by atoms with Gasteiger partial charge >= 0.3 is 0 Å². The quantitative estimate of drug-likeness (QED) is 0.888. The monoisotopic (exact) mass is 323 g/mol. The second-order valence-electron chi connectivity index (χ2n) is 5.09. The maximum Gasteiger partial charge on any atom is 0.0314 e. The lowest BCUT2D eigenvalue weighted by Gasteiger charge is -2.32. The van der Waals surface area contributed by atoms with Gasteiger partial charge in [0.1, 0.15) is 0 Å². The van der Waals surface area contributed by atoms with Gasteiger partial charge in [-0.3, -0.25) is 0 Å². The average Bonchev–Trinajstić information content (AvgIpc) is 2.76. The van der Waals surface area contributed by atoms with E-state index in [9.17, 15) is 0 Å². The van der Waals surface area contributed by atoms with Crippen molar-refractivity contribution < 1.29 is 0 Å². The van der Waals surface area contributed by atoms with E-state index in [1.165, 1.54) is 14.9 Å². The average molecular weight is 324 g/mol. The summed E-state index contributed by atoms with van der Waals surface area (Å²) in [6.07, 6.45) is 0.903. The lowest BCUT2D eigenvalue weighted by molar-refractivity contribution is 0.408. The largest absolute Gasteiger partial charge is 0.327 e. The van der Waals surface area contributed by atoms with Crippen LogP contribution in [0, 0.1) is 0 Å². The zero-order valence-corrected chi connectivity index (χ0v) is 13.1. The molecule has 0 saturated carbocycles. The van der Waals surface area contributed by atoms with Crippen molar-refractivity contribution in [1.82, 2.24) is 0 Å². The zero-order valence-electron chi connectivity index (χ0n) is 10.7. The zero-order chi connectivity index (χ0) is 13.2. The van der Waals surface area contributed by atoms with Gasteiger partial charge in [-0.2, -0.15) is 0 Å². The van der Waals surface area contributed by atoms with Crippen LogP contribution in [0.25, 0.3) is 0 Å². The molecule has 0 aliphatic heterocycles. The van der Waals surface area contributed by atoms with Crippen LogP contribution < -0.4 is 5.73 Å². The summed E-state index contributed by atoms with van der Waals surface area (Å²) in [5, 5.41) is 2.10. The van der Waals surface area contributed by atoms with Crippen LogP contribution >= 0.6 is 27.3 Å². The maximum atomic E-state index is 6.43. The minimum atomic E-state index is -0.0231. The van der Waals surface area contributed by atoms with Crippen molar-refractivity contribution in [3.8, 4) is 0 Å². The third kappa shape index (κ3) is 2.85. The predicted molar refractivity (Wildman–Crippen MR) is 83.2 cm³/mol. The molecular formula is C15H18BrNS. The van der Waals surface area contributed by atoms with Crippen LogP contribution in [0.1, 0.15) is 24.3 Å². The number of halogens is 1. The van der Waals surface area contributed by atoms with Crippen molar-refractivity contribution in [2.24, 2.45) is 5.73 Å². The molecule has 0 bridgehead atoms. The smallest absolute Gasteiger partial charge is 0.0314 e. The first-order chi connectivity index (χ1) is 8.51. The van der Waals surface area contributed by atoms with Crippen LogP contribution in [0.4, 0.5) is 0 Å². The number of hydrogen-bond donors (Lipinski definition) is 1. The number of thiophene rings is 1. The molecule has 0 spiro atoms. The van der Waals surface area contributed by atoms with Gasteiger partial charge in [0, 0.05) is 20.8 Å². The van der Waals surface area contributed by atoms with Gasteiger partial charge < -0.3 is 5.73 Å². The molecule has 0 saturated heterocycles. The molecule has 1 atom stereocenters. The third-order valence-electron chi connectivity index (χ3n) is 3.54. The molecule has 1 aromatic heterocycles. The minimum Gasteiger partial charge on any atom is -0.327 e. The minimum absolute atomic E-state index is 0.0231. The van der Waals surface area contributed by atoms with Gasteiger partial charge in [0.2, 0.25) is 0 Å². The summed E-state index contributed by atoms with van der Waals surface area (Å²) in [6, 6.07) is 12.7. The number of rotatable bonds is 4. The predicted octanol–water partition coefficient (Wildman–Crippen LogP) is 4.36. The highest BCUT2D eigenvalue weighted by atomic mass is 79.9.